The minimum atomic E-state index is -0.157. The molecule has 0 radical (unpaired) electrons. The standard InChI is InChI=1S/C18H16N2O3.C18H16N2O2S.C17H13ClN2OS.C16H18N2O2.C15H13N3O2.C15H13N3OS.C14H15ClN6/c2*1-22-16-7-4-14(5-8-16)13-18(21)20-11-10-15(19-20)6-9-17-3-2-12-23-17;18-14-5-3-13(4-6-14)12-17(21)20-10-9-15(19-20)7-8-16-2-1-11-22-16;19-16(12-13-4-1-2-5-13)18-10-9-14(17-18)7-8-15-6-3-11-20-15;2*1-17-9-2-5-14(17)15(19)18-10-8-12(16-18)6-7-13-4-3-11-20-13;1-10-18-19-14(20(10)16)21-13(7-8-17-21)6-5-11-3-2-4-12(15)9-11/h2*2-12H,13H2,1H3;1-11H,12H2;3,6-11,13H,1-2,4-5,12H2;2*2-11H,1H3;2-6,8-9,13H,7,16H2,1H3/b2*9-6+;2*8-7+;2*7-6+;6-5+. The van der Waals surface area contributed by atoms with Crippen LogP contribution in [0.5, 0.6) is 11.5 Å². The van der Waals surface area contributed by atoms with Crippen molar-refractivity contribution in [2.45, 2.75) is 70.8 Å². The minimum Gasteiger partial charge on any atom is -0.497 e. The number of anilines is 1. The summed E-state index contributed by atoms with van der Waals surface area (Å²) in [5.41, 5.74) is 9.47. The molecule has 36 heteroatoms. The van der Waals surface area contributed by atoms with Gasteiger partial charge in [0.2, 0.25) is 5.91 Å². The summed E-state index contributed by atoms with van der Waals surface area (Å²) in [5.74, 6) is 11.0. The van der Waals surface area contributed by atoms with Gasteiger partial charge in [-0.1, -0.05) is 115 Å². The summed E-state index contributed by atoms with van der Waals surface area (Å²) in [6.45, 7) is 1.80. The van der Waals surface area contributed by atoms with Crippen LogP contribution in [0.15, 0.2) is 339 Å². The molecule has 16 heterocycles. The van der Waals surface area contributed by atoms with E-state index in [4.69, 9.17) is 51.8 Å². The van der Waals surface area contributed by atoms with Crippen molar-refractivity contribution in [2.75, 3.05) is 25.1 Å². The first-order valence-corrected chi connectivity index (χ1v) is 50.5. The van der Waals surface area contributed by atoms with Crippen LogP contribution in [-0.4, -0.2) is 145 Å². The van der Waals surface area contributed by atoms with E-state index >= 15 is 0 Å². The highest BCUT2D eigenvalue weighted by molar-refractivity contribution is 7.11. The number of rotatable bonds is 27. The van der Waals surface area contributed by atoms with Crippen LogP contribution in [0.1, 0.15) is 173 Å². The lowest BCUT2D eigenvalue weighted by molar-refractivity contribution is 0.0860. The van der Waals surface area contributed by atoms with Gasteiger partial charge in [0, 0.05) is 107 Å². The molecule has 1 fully saturated rings. The third-order valence-electron chi connectivity index (χ3n) is 22.7. The number of hydrogen-bond donors (Lipinski definition) is 1. The lowest BCUT2D eigenvalue weighted by Gasteiger charge is -2.19. The Labute approximate surface area is 881 Å². The number of furan rings is 3. The van der Waals surface area contributed by atoms with E-state index in [1.807, 2.05) is 298 Å². The first kappa shape index (κ1) is 106. The van der Waals surface area contributed by atoms with Crippen molar-refractivity contribution < 1.29 is 51.5 Å². The van der Waals surface area contributed by atoms with E-state index in [1.54, 1.807) is 186 Å². The molecule has 1 atom stereocenters. The molecule has 15 aromatic heterocycles. The Morgan fingerprint density at radius 1 is 0.403 bits per heavy atom. The predicted octanol–water partition coefficient (Wildman–Crippen LogP) is 24.1. The summed E-state index contributed by atoms with van der Waals surface area (Å²) >= 11 is 16.8. The van der Waals surface area contributed by atoms with Gasteiger partial charge in [0.1, 0.15) is 40.2 Å². The van der Waals surface area contributed by atoms with Gasteiger partial charge in [-0.2, -0.15) is 35.7 Å². The quantitative estimate of drug-likeness (QED) is 0.0467. The average molecular weight is 2090 g/mol. The van der Waals surface area contributed by atoms with Crippen molar-refractivity contribution in [3.8, 4) is 11.5 Å². The van der Waals surface area contributed by atoms with E-state index in [9.17, 15) is 28.8 Å². The Bertz CT molecular complexity index is 7470. The number of hydrogen-bond acceptors (Lipinski definition) is 25. The maximum absolute atomic E-state index is 12.3. The third kappa shape index (κ3) is 32.0. The van der Waals surface area contributed by atoms with Crippen LogP contribution in [0.25, 0.3) is 79.0 Å². The number of thiophene rings is 3. The molecule has 4 aromatic carbocycles. The van der Waals surface area contributed by atoms with Gasteiger partial charge in [-0.3, -0.25) is 28.8 Å². The topological polar surface area (TPSA) is 349 Å². The molecule has 0 spiro atoms. The van der Waals surface area contributed by atoms with E-state index in [2.05, 4.69) is 52.0 Å². The number of ether oxygens (including phenoxy) is 2. The fourth-order valence-corrected chi connectivity index (χ4v) is 17.0. The Hall–Kier alpha value is -17.6. The Morgan fingerprint density at radius 2 is 0.785 bits per heavy atom. The highest BCUT2D eigenvalue weighted by Crippen LogP contribution is 2.29. The second-order valence-electron chi connectivity index (χ2n) is 33.4. The van der Waals surface area contributed by atoms with Crippen LogP contribution in [0.3, 0.4) is 0 Å². The van der Waals surface area contributed by atoms with Crippen molar-refractivity contribution in [1.82, 2.24) is 82.7 Å². The Balaban J connectivity index is 0.000000130. The van der Waals surface area contributed by atoms with Gasteiger partial charge in [-0.05, 0) is 301 Å². The van der Waals surface area contributed by atoms with Gasteiger partial charge in [0.25, 0.3) is 35.5 Å². The fraction of sp³-hybridized carbons (Fsp3) is 0.142. The third-order valence-corrected chi connectivity index (χ3v) is 25.7. The molecule has 21 rings (SSSR count). The van der Waals surface area contributed by atoms with Crippen LogP contribution in [0.4, 0.5) is 5.95 Å². The minimum absolute atomic E-state index is 0.0639. The number of carbonyl (C=O) groups excluding carboxylic acids is 6. The maximum Gasteiger partial charge on any atom is 0.294 e. The molecule has 1 saturated carbocycles. The number of methoxy groups -OCH3 is 2. The van der Waals surface area contributed by atoms with E-state index in [-0.39, 0.29) is 47.9 Å². The zero-order valence-electron chi connectivity index (χ0n) is 81.7. The molecule has 754 valence electrons. The van der Waals surface area contributed by atoms with Crippen molar-refractivity contribution in [2.24, 2.45) is 25.1 Å². The zero-order valence-corrected chi connectivity index (χ0v) is 85.7. The van der Waals surface area contributed by atoms with Gasteiger partial charge in [0.15, 0.2) is 5.82 Å². The van der Waals surface area contributed by atoms with Crippen molar-refractivity contribution in [1.29, 1.82) is 0 Å². The summed E-state index contributed by atoms with van der Waals surface area (Å²) in [6.07, 6.45) is 54.3. The number of nitrogens with zero attached hydrogens (tertiary/aromatic N) is 19. The summed E-state index contributed by atoms with van der Waals surface area (Å²) < 4.78 is 39.1. The smallest absolute Gasteiger partial charge is 0.294 e. The molecule has 149 heavy (non-hydrogen) atoms. The number of benzene rings is 4. The number of carbonyl (C=O) groups is 6. The molecule has 2 aliphatic rings. The van der Waals surface area contributed by atoms with E-state index < -0.39 is 0 Å². The molecule has 0 amide bonds. The summed E-state index contributed by atoms with van der Waals surface area (Å²) in [7, 11) is 6.90. The van der Waals surface area contributed by atoms with Gasteiger partial charge in [-0.15, -0.1) is 44.2 Å². The lowest BCUT2D eigenvalue weighted by Crippen LogP contribution is -2.29. The Morgan fingerprint density at radius 3 is 1.13 bits per heavy atom. The van der Waals surface area contributed by atoms with Crippen LogP contribution in [0.2, 0.25) is 10.0 Å². The van der Waals surface area contributed by atoms with E-state index in [0.717, 1.165) is 94.9 Å². The molecule has 1 aliphatic carbocycles. The van der Waals surface area contributed by atoms with Crippen LogP contribution >= 0.6 is 57.2 Å². The van der Waals surface area contributed by atoms with Crippen molar-refractivity contribution >= 4 is 184 Å². The molecule has 31 nitrogen and oxygen atoms in total. The molecule has 1 aliphatic heterocycles. The molecule has 0 saturated heterocycles. The predicted molar refractivity (Wildman–Crippen MR) is 589 cm³/mol. The molecule has 0 bridgehead atoms. The first-order chi connectivity index (χ1) is 72.6. The van der Waals surface area contributed by atoms with Gasteiger partial charge in [0.05, 0.1) is 92.5 Å². The lowest BCUT2D eigenvalue weighted by atomic mass is 10.0. The average Bonchev–Trinajstić information content (AvgIpc) is 1.66. The molecule has 1 unspecified atom stereocenters. The van der Waals surface area contributed by atoms with Gasteiger partial charge < -0.3 is 37.7 Å². The molecule has 19 aromatic rings. The summed E-state index contributed by atoms with van der Waals surface area (Å²) in [5, 5.41) is 47.2. The van der Waals surface area contributed by atoms with E-state index in [0.29, 0.717) is 69.8 Å². The van der Waals surface area contributed by atoms with Gasteiger partial charge >= 0.3 is 0 Å². The second-order valence-corrected chi connectivity index (χ2v) is 37.2. The normalized spacial score (nSPS) is 12.8. The molecule has 2 N–H and O–H groups in total. The number of nitrogen functional groups attached to an aromatic ring is 1. The highest BCUT2D eigenvalue weighted by Gasteiger charge is 2.26. The number of nitrogens with two attached hydrogens (primary N) is 1. The number of aromatic nitrogens is 17. The molecular weight excluding hydrogens is 1980 g/mol. The number of hydrazone groups is 1. The largest absolute Gasteiger partial charge is 0.497 e. The van der Waals surface area contributed by atoms with Crippen LogP contribution in [0, 0.1) is 12.8 Å². The Kier molecular flexibility index (Phi) is 38.2. The molecular formula is C113H104Cl2N20O11S3. The van der Waals surface area contributed by atoms with Crippen molar-refractivity contribution in [3.05, 3.63) is 437 Å². The summed E-state index contributed by atoms with van der Waals surface area (Å²) in [6, 6.07) is 71.1. The van der Waals surface area contributed by atoms with Crippen LogP contribution in [-0.2, 0) is 33.4 Å². The second kappa shape index (κ2) is 53.9. The van der Waals surface area contributed by atoms with Crippen molar-refractivity contribution in [3.63, 3.8) is 0 Å². The summed E-state index contributed by atoms with van der Waals surface area (Å²) in [4.78, 5) is 76.7. The maximum atomic E-state index is 12.3. The monoisotopic (exact) mass is 2080 g/mol. The first-order valence-electron chi connectivity index (χ1n) is 47.1. The van der Waals surface area contributed by atoms with E-state index in [1.165, 1.54) is 58.5 Å². The zero-order chi connectivity index (χ0) is 104. The fourth-order valence-electron chi connectivity index (χ4n) is 14.8. The highest BCUT2D eigenvalue weighted by atomic mass is 35.5. The number of halogens is 2. The van der Waals surface area contributed by atoms with Crippen LogP contribution < -0.4 is 20.3 Å². The van der Waals surface area contributed by atoms with Gasteiger partial charge in [-0.25, -0.2) is 37.8 Å². The number of aryl methyl sites for hydroxylation is 3. The SMILES string of the molecule is COc1ccc(CC(=O)n2ccc(/C=C/c3ccco3)n2)cc1.COc1ccc(CC(=O)n2ccc(/C=C/c3cccs3)n2)cc1.Cc1nnc(N2N=CCC2/C=C/c2cccc(Cl)c2)n1N.Cn1cccc1C(=O)n1ccc(/C=C/c2ccco2)n1.Cn1cccc1C(=O)n1ccc(/C=C/c2cccs2)n1.O=C(CC1CCCC1)n1ccc(/C=C/c2ccco2)n1.O=C(Cc1ccc(Cl)cc1)n1ccc(/C=C/c2cccs2)n1.